The van der Waals surface area contributed by atoms with E-state index >= 15 is 0 Å². The number of aromatic nitrogens is 3. The van der Waals surface area contributed by atoms with E-state index in [4.69, 9.17) is 10.5 Å². The molecule has 3 rings (SSSR count). The molecule has 0 saturated heterocycles. The van der Waals surface area contributed by atoms with Crippen molar-refractivity contribution >= 4 is 34.5 Å². The zero-order valence-corrected chi connectivity index (χ0v) is 18.1. The number of nitrogens with zero attached hydrogens (tertiary/aromatic N) is 3. The van der Waals surface area contributed by atoms with E-state index in [9.17, 15) is 19.2 Å². The van der Waals surface area contributed by atoms with E-state index in [1.54, 1.807) is 18.3 Å². The smallest absolute Gasteiger partial charge is 0.332 e. The van der Waals surface area contributed by atoms with Crippen LogP contribution in [-0.2, 0) is 23.1 Å². The molecule has 0 aliphatic heterocycles. The normalized spacial score (nSPS) is 11.4. The Morgan fingerprint density at radius 3 is 2.62 bits per heavy atom. The first-order valence-corrected chi connectivity index (χ1v) is 10.0. The molecule has 0 bridgehead atoms. The molecule has 0 amide bonds. The van der Waals surface area contributed by atoms with Gasteiger partial charge in [-0.2, -0.15) is 0 Å². The van der Waals surface area contributed by atoms with Crippen molar-refractivity contribution in [2.45, 2.75) is 20.4 Å². The molecule has 2 heterocycles. The van der Waals surface area contributed by atoms with Gasteiger partial charge in [-0.3, -0.25) is 23.7 Å². The lowest BCUT2D eigenvalue weighted by molar-refractivity contribution is -0.136. The molecule has 0 atom stereocenters. The number of esters is 1. The summed E-state index contributed by atoms with van der Waals surface area (Å²) in [7, 11) is 1.27. The fourth-order valence-corrected chi connectivity index (χ4v) is 3.26. The van der Waals surface area contributed by atoms with E-state index in [0.717, 1.165) is 15.5 Å². The predicted octanol–water partition coefficient (Wildman–Crippen LogP) is 1.77. The Morgan fingerprint density at radius 1 is 1.19 bits per heavy atom. The lowest BCUT2D eigenvalue weighted by Crippen LogP contribution is -2.43. The number of anilines is 1. The summed E-state index contributed by atoms with van der Waals surface area (Å²) in [6.45, 7) is 3.30. The van der Waals surface area contributed by atoms with E-state index in [1.807, 2.05) is 38.1 Å². The van der Waals surface area contributed by atoms with Gasteiger partial charge in [0.05, 0.1) is 5.52 Å². The number of pyridine rings is 1. The average molecular weight is 436 g/mol. The van der Waals surface area contributed by atoms with Crippen LogP contribution in [0.2, 0.25) is 0 Å². The Hall–Kier alpha value is -4.01. The topological polar surface area (TPSA) is 126 Å². The van der Waals surface area contributed by atoms with Crippen molar-refractivity contribution in [3.05, 3.63) is 74.6 Å². The number of ketones is 1. The molecule has 0 aliphatic rings. The number of Topliss-reactive ketones (excluding diaryl/α,β-unsaturated/α-hetero) is 1. The van der Waals surface area contributed by atoms with Crippen LogP contribution in [0.15, 0.2) is 52.2 Å². The number of benzene rings is 1. The van der Waals surface area contributed by atoms with Gasteiger partial charge in [0.25, 0.3) is 5.56 Å². The van der Waals surface area contributed by atoms with E-state index in [-0.39, 0.29) is 23.8 Å². The van der Waals surface area contributed by atoms with Gasteiger partial charge in [0.2, 0.25) is 5.78 Å². The van der Waals surface area contributed by atoms with Crippen LogP contribution in [0.4, 0.5) is 5.82 Å². The summed E-state index contributed by atoms with van der Waals surface area (Å²) < 4.78 is 7.00. The van der Waals surface area contributed by atoms with Crippen LogP contribution in [0.5, 0.6) is 0 Å². The van der Waals surface area contributed by atoms with Gasteiger partial charge in [0.1, 0.15) is 11.4 Å². The molecular formula is C23H24N4O5. The predicted molar refractivity (Wildman–Crippen MR) is 121 cm³/mol. The number of rotatable bonds is 7. The highest BCUT2D eigenvalue weighted by atomic mass is 16.5. The van der Waals surface area contributed by atoms with Gasteiger partial charge in [0.15, 0.2) is 6.61 Å². The van der Waals surface area contributed by atoms with Crippen molar-refractivity contribution in [3.63, 3.8) is 0 Å². The number of hydrogen-bond donors (Lipinski definition) is 1. The van der Waals surface area contributed by atoms with Gasteiger partial charge in [-0.25, -0.2) is 9.59 Å². The third-order valence-corrected chi connectivity index (χ3v) is 4.82. The molecule has 0 unspecified atom stereocenters. The maximum atomic E-state index is 12.6. The summed E-state index contributed by atoms with van der Waals surface area (Å²) in [5.74, 6) is -1.72. The van der Waals surface area contributed by atoms with Gasteiger partial charge in [-0.05, 0) is 18.1 Å². The minimum atomic E-state index is -0.828. The van der Waals surface area contributed by atoms with Gasteiger partial charge >= 0.3 is 11.7 Å². The Morgan fingerprint density at radius 2 is 1.91 bits per heavy atom. The third kappa shape index (κ3) is 4.66. The molecule has 166 valence electrons. The fourth-order valence-electron chi connectivity index (χ4n) is 3.26. The first-order chi connectivity index (χ1) is 15.2. The second-order valence-corrected chi connectivity index (χ2v) is 7.70. The van der Waals surface area contributed by atoms with Crippen LogP contribution in [0.1, 0.15) is 29.8 Å². The molecule has 0 aliphatic carbocycles. The molecule has 0 fully saturated rings. The molecule has 0 saturated carbocycles. The first kappa shape index (κ1) is 22.7. The number of para-hydroxylation sites is 1. The first-order valence-electron chi connectivity index (χ1n) is 10.0. The molecule has 9 nitrogen and oxygen atoms in total. The largest absolute Gasteiger partial charge is 0.454 e. The highest BCUT2D eigenvalue weighted by Crippen LogP contribution is 2.17. The highest BCUT2D eigenvalue weighted by Gasteiger charge is 2.22. The second kappa shape index (κ2) is 9.42. The third-order valence-electron chi connectivity index (χ3n) is 4.82. The molecule has 2 aromatic heterocycles. The van der Waals surface area contributed by atoms with Crippen molar-refractivity contribution in [1.82, 2.24) is 14.1 Å². The molecule has 9 heteroatoms. The number of nitrogens with two attached hydrogens (primary N) is 1. The zero-order chi connectivity index (χ0) is 23.4. The van der Waals surface area contributed by atoms with Crippen LogP contribution < -0.4 is 17.0 Å². The van der Waals surface area contributed by atoms with Crippen LogP contribution in [0, 0.1) is 5.92 Å². The fraction of sp³-hybridized carbons (Fsp3) is 0.261. The molecule has 0 radical (unpaired) electrons. The zero-order valence-electron chi connectivity index (χ0n) is 18.1. The number of hydrogen-bond acceptors (Lipinski definition) is 7. The quantitative estimate of drug-likeness (QED) is 0.340. The highest BCUT2D eigenvalue weighted by molar-refractivity contribution is 6.02. The number of carbonyl (C=O) groups excluding carboxylic acids is 2. The Balaban J connectivity index is 1.77. The molecule has 1 aromatic carbocycles. The minimum absolute atomic E-state index is 0.0574. The lowest BCUT2D eigenvalue weighted by Gasteiger charge is -2.16. The number of carbonyl (C=O) groups is 2. The van der Waals surface area contributed by atoms with Crippen molar-refractivity contribution in [1.29, 1.82) is 0 Å². The summed E-state index contributed by atoms with van der Waals surface area (Å²) in [5, 5.41) is 0.918. The van der Waals surface area contributed by atoms with E-state index in [2.05, 4.69) is 4.98 Å². The number of nitrogen functional groups attached to an aromatic ring is 1. The Kier molecular flexibility index (Phi) is 6.67. The summed E-state index contributed by atoms with van der Waals surface area (Å²) in [6.07, 6.45) is 4.37. The standard InChI is InChI=1S/C23H24N4O5/c1-14(2)12-27-21(24)19(22(30)26(3)23(27)31)17(28)13-32-18(29)10-9-16-7-4-6-15-8-5-11-25-20(15)16/h4-11,14H,12-13,24H2,1-3H3/b10-9+. The van der Waals surface area contributed by atoms with Crippen LogP contribution in [0.3, 0.4) is 0 Å². The maximum Gasteiger partial charge on any atom is 0.332 e. The second-order valence-electron chi connectivity index (χ2n) is 7.70. The van der Waals surface area contributed by atoms with Crippen LogP contribution in [0.25, 0.3) is 17.0 Å². The number of ether oxygens (including phenoxy) is 1. The lowest BCUT2D eigenvalue weighted by atomic mass is 10.1. The Bertz CT molecular complexity index is 1330. The summed E-state index contributed by atoms with van der Waals surface area (Å²) in [5.41, 5.74) is 5.59. The van der Waals surface area contributed by atoms with E-state index < -0.39 is 29.6 Å². The molecule has 32 heavy (non-hydrogen) atoms. The SMILES string of the molecule is CC(C)Cn1c(N)c(C(=O)COC(=O)/C=C/c2cccc3cccnc23)c(=O)n(C)c1=O. The van der Waals surface area contributed by atoms with Crippen molar-refractivity contribution in [2.75, 3.05) is 12.3 Å². The Labute approximate surface area is 183 Å². The number of fused-ring (bicyclic) bond motifs is 1. The van der Waals surface area contributed by atoms with Gasteiger partial charge in [-0.1, -0.05) is 38.1 Å². The summed E-state index contributed by atoms with van der Waals surface area (Å²) >= 11 is 0. The molecule has 2 N–H and O–H groups in total. The van der Waals surface area contributed by atoms with Crippen LogP contribution >= 0.6 is 0 Å². The van der Waals surface area contributed by atoms with Gasteiger partial charge in [-0.15, -0.1) is 0 Å². The summed E-state index contributed by atoms with van der Waals surface area (Å²) in [4.78, 5) is 53.9. The maximum absolute atomic E-state index is 12.6. The van der Waals surface area contributed by atoms with Crippen LogP contribution in [-0.4, -0.2) is 32.5 Å². The van der Waals surface area contributed by atoms with Crippen molar-refractivity contribution in [2.24, 2.45) is 13.0 Å². The van der Waals surface area contributed by atoms with E-state index in [0.29, 0.717) is 5.56 Å². The molecule has 3 aromatic rings. The molecule has 0 spiro atoms. The van der Waals surface area contributed by atoms with E-state index in [1.165, 1.54) is 17.7 Å². The average Bonchev–Trinajstić information content (AvgIpc) is 2.77. The van der Waals surface area contributed by atoms with Crippen molar-refractivity contribution < 1.29 is 14.3 Å². The van der Waals surface area contributed by atoms with Crippen molar-refractivity contribution in [3.8, 4) is 0 Å². The minimum Gasteiger partial charge on any atom is -0.454 e. The van der Waals surface area contributed by atoms with Gasteiger partial charge in [0, 0.05) is 36.8 Å². The monoisotopic (exact) mass is 436 g/mol. The summed E-state index contributed by atoms with van der Waals surface area (Å²) in [6, 6.07) is 9.26. The molecular weight excluding hydrogens is 412 g/mol. The van der Waals surface area contributed by atoms with Gasteiger partial charge < -0.3 is 10.5 Å².